The minimum atomic E-state index is -0.164. The lowest BCUT2D eigenvalue weighted by Crippen LogP contribution is -2.02. The van der Waals surface area contributed by atoms with Crippen molar-refractivity contribution in [1.82, 2.24) is 0 Å². The van der Waals surface area contributed by atoms with Crippen LogP contribution in [0.15, 0.2) is 42.5 Å². The molecule has 3 heteroatoms. The number of fused-ring (bicyclic) bond motifs is 3. The summed E-state index contributed by atoms with van der Waals surface area (Å²) in [5, 5.41) is 0. The van der Waals surface area contributed by atoms with E-state index >= 15 is 0 Å². The van der Waals surface area contributed by atoms with Crippen LogP contribution in [-0.4, -0.2) is 17.4 Å². The van der Waals surface area contributed by atoms with E-state index in [1.54, 1.807) is 18.2 Å². The van der Waals surface area contributed by atoms with Gasteiger partial charge in [0.15, 0.2) is 11.6 Å². The van der Waals surface area contributed by atoms with E-state index in [9.17, 15) is 9.59 Å². The van der Waals surface area contributed by atoms with Gasteiger partial charge in [-0.3, -0.25) is 9.59 Å². The number of halogens is 1. The molecule has 18 heavy (non-hydrogen) atoms. The Kier molecular flexibility index (Phi) is 2.53. The van der Waals surface area contributed by atoms with Gasteiger partial charge in [-0.05, 0) is 17.2 Å². The fraction of sp³-hybridized carbons (Fsp3) is 0.0667. The topological polar surface area (TPSA) is 34.1 Å². The smallest absolute Gasteiger partial charge is 0.194 e. The van der Waals surface area contributed by atoms with Crippen molar-refractivity contribution < 1.29 is 9.59 Å². The molecule has 0 radical (unpaired) electrons. The highest BCUT2D eigenvalue weighted by Crippen LogP contribution is 2.36. The summed E-state index contributed by atoms with van der Waals surface area (Å²) in [5.41, 5.74) is 3.60. The van der Waals surface area contributed by atoms with E-state index in [1.165, 1.54) is 0 Å². The van der Waals surface area contributed by atoms with Crippen molar-refractivity contribution in [2.75, 3.05) is 5.88 Å². The van der Waals surface area contributed by atoms with Crippen LogP contribution in [0, 0.1) is 0 Å². The monoisotopic (exact) mass is 256 g/mol. The summed E-state index contributed by atoms with van der Waals surface area (Å²) >= 11 is 5.53. The van der Waals surface area contributed by atoms with Crippen molar-refractivity contribution >= 4 is 23.2 Å². The van der Waals surface area contributed by atoms with Gasteiger partial charge in [0.25, 0.3) is 0 Å². The van der Waals surface area contributed by atoms with Gasteiger partial charge in [-0.25, -0.2) is 0 Å². The van der Waals surface area contributed by atoms with Crippen LogP contribution < -0.4 is 0 Å². The van der Waals surface area contributed by atoms with Gasteiger partial charge in [0.2, 0.25) is 0 Å². The van der Waals surface area contributed by atoms with E-state index in [0.29, 0.717) is 16.7 Å². The molecule has 0 saturated carbocycles. The molecule has 0 unspecified atom stereocenters. The third kappa shape index (κ3) is 1.50. The number of hydrogen-bond donors (Lipinski definition) is 0. The SMILES string of the molecule is O=C(CCl)c1ccc2c(c1)C(=O)c1ccccc1-2. The number of ketones is 2. The van der Waals surface area contributed by atoms with Crippen molar-refractivity contribution in [2.24, 2.45) is 0 Å². The molecule has 88 valence electrons. The molecule has 0 heterocycles. The number of rotatable bonds is 2. The number of alkyl halides is 1. The Hall–Kier alpha value is -1.93. The molecule has 0 amide bonds. The average molecular weight is 257 g/mol. The minimum absolute atomic E-state index is 0.0233. The normalized spacial score (nSPS) is 12.2. The Morgan fingerprint density at radius 1 is 0.944 bits per heavy atom. The zero-order chi connectivity index (χ0) is 12.7. The second-order valence-electron chi connectivity index (χ2n) is 4.19. The van der Waals surface area contributed by atoms with Gasteiger partial charge in [-0.1, -0.05) is 36.4 Å². The van der Waals surface area contributed by atoms with Crippen molar-refractivity contribution in [3.63, 3.8) is 0 Å². The van der Waals surface area contributed by atoms with Gasteiger partial charge in [0.05, 0.1) is 5.88 Å². The molecule has 1 aliphatic carbocycles. The molecule has 2 nitrogen and oxygen atoms in total. The summed E-state index contributed by atoms with van der Waals surface area (Å²) in [6.07, 6.45) is 0. The first-order valence-electron chi connectivity index (χ1n) is 5.59. The number of Topliss-reactive ketones (excluding diaryl/α,β-unsaturated/α-hetero) is 1. The molecule has 2 aromatic rings. The Morgan fingerprint density at radius 2 is 1.61 bits per heavy atom. The van der Waals surface area contributed by atoms with Crippen LogP contribution in [0.1, 0.15) is 26.3 Å². The molecular weight excluding hydrogens is 248 g/mol. The molecule has 0 saturated heterocycles. The largest absolute Gasteiger partial charge is 0.293 e. The lowest BCUT2D eigenvalue weighted by atomic mass is 10.0. The molecule has 0 aliphatic heterocycles. The molecule has 0 fully saturated rings. The maximum absolute atomic E-state index is 12.2. The number of benzene rings is 2. The predicted octanol–water partition coefficient (Wildman–Crippen LogP) is 3.32. The molecule has 0 atom stereocenters. The number of carbonyl (C=O) groups is 2. The van der Waals surface area contributed by atoms with Gasteiger partial charge < -0.3 is 0 Å². The number of hydrogen-bond acceptors (Lipinski definition) is 2. The van der Waals surface area contributed by atoms with E-state index in [0.717, 1.165) is 11.1 Å². The Labute approximate surface area is 109 Å². The second kappa shape index (κ2) is 4.07. The Morgan fingerprint density at radius 3 is 2.33 bits per heavy atom. The molecule has 1 aliphatic rings. The van der Waals surface area contributed by atoms with Crippen molar-refractivity contribution in [3.05, 3.63) is 59.2 Å². The zero-order valence-corrected chi connectivity index (χ0v) is 10.2. The summed E-state index contributed by atoms with van der Waals surface area (Å²) in [7, 11) is 0. The van der Waals surface area contributed by atoms with Crippen molar-refractivity contribution in [2.45, 2.75) is 0 Å². The highest BCUT2D eigenvalue weighted by molar-refractivity contribution is 6.31. The van der Waals surface area contributed by atoms with Crippen LogP contribution in [0.5, 0.6) is 0 Å². The van der Waals surface area contributed by atoms with Gasteiger partial charge in [0, 0.05) is 16.7 Å². The standard InChI is InChI=1S/C15H9ClO2/c16-8-14(17)9-5-6-11-10-3-1-2-4-12(10)15(18)13(11)7-9/h1-7H,8H2. The first-order valence-corrected chi connectivity index (χ1v) is 6.13. The molecule has 0 N–H and O–H groups in total. The van der Waals surface area contributed by atoms with Crippen LogP contribution in [0.2, 0.25) is 0 Å². The van der Waals surface area contributed by atoms with E-state index in [4.69, 9.17) is 11.6 Å². The fourth-order valence-corrected chi connectivity index (χ4v) is 2.43. The van der Waals surface area contributed by atoms with E-state index in [2.05, 4.69) is 0 Å². The minimum Gasteiger partial charge on any atom is -0.293 e. The molecule has 3 rings (SSSR count). The summed E-state index contributed by atoms with van der Waals surface area (Å²) in [4.78, 5) is 23.8. The van der Waals surface area contributed by atoms with E-state index < -0.39 is 0 Å². The van der Waals surface area contributed by atoms with Crippen LogP contribution in [0.3, 0.4) is 0 Å². The van der Waals surface area contributed by atoms with Crippen LogP contribution >= 0.6 is 11.6 Å². The van der Waals surface area contributed by atoms with Crippen LogP contribution in [0.25, 0.3) is 11.1 Å². The van der Waals surface area contributed by atoms with Crippen LogP contribution in [-0.2, 0) is 0 Å². The summed E-state index contributed by atoms with van der Waals surface area (Å²) in [5.74, 6) is -0.257. The molecule has 2 aromatic carbocycles. The first kappa shape index (κ1) is 11.2. The highest BCUT2D eigenvalue weighted by atomic mass is 35.5. The average Bonchev–Trinajstić information content (AvgIpc) is 2.72. The lowest BCUT2D eigenvalue weighted by Gasteiger charge is -2.02. The summed E-state index contributed by atoms with van der Waals surface area (Å²) in [6.45, 7) is 0. The quantitative estimate of drug-likeness (QED) is 0.521. The molecule has 0 aromatic heterocycles. The van der Waals surface area contributed by atoms with Crippen molar-refractivity contribution in [1.29, 1.82) is 0 Å². The summed E-state index contributed by atoms with van der Waals surface area (Å²) < 4.78 is 0. The third-order valence-corrected chi connectivity index (χ3v) is 3.41. The van der Waals surface area contributed by atoms with Gasteiger partial charge in [-0.15, -0.1) is 11.6 Å². The molecule has 0 bridgehead atoms. The Bertz CT molecular complexity index is 674. The third-order valence-electron chi connectivity index (χ3n) is 3.17. The molecule has 0 spiro atoms. The first-order chi connectivity index (χ1) is 8.72. The fourth-order valence-electron chi connectivity index (χ4n) is 2.28. The van der Waals surface area contributed by atoms with E-state index in [1.807, 2.05) is 24.3 Å². The predicted molar refractivity (Wildman–Crippen MR) is 70.4 cm³/mol. The van der Waals surface area contributed by atoms with Gasteiger partial charge in [-0.2, -0.15) is 0 Å². The van der Waals surface area contributed by atoms with Crippen LogP contribution in [0.4, 0.5) is 0 Å². The molecular formula is C15H9ClO2. The summed E-state index contributed by atoms with van der Waals surface area (Å²) in [6, 6.07) is 12.6. The van der Waals surface area contributed by atoms with Gasteiger partial charge >= 0.3 is 0 Å². The van der Waals surface area contributed by atoms with E-state index in [-0.39, 0.29) is 17.4 Å². The Balaban J connectivity index is 2.20. The zero-order valence-electron chi connectivity index (χ0n) is 9.44. The highest BCUT2D eigenvalue weighted by Gasteiger charge is 2.26. The lowest BCUT2D eigenvalue weighted by molar-refractivity contribution is 0.102. The second-order valence-corrected chi connectivity index (χ2v) is 4.46. The maximum Gasteiger partial charge on any atom is 0.194 e. The number of carbonyl (C=O) groups excluding carboxylic acids is 2. The van der Waals surface area contributed by atoms with Crippen molar-refractivity contribution in [3.8, 4) is 11.1 Å². The maximum atomic E-state index is 12.2. The van der Waals surface area contributed by atoms with Gasteiger partial charge in [0.1, 0.15) is 0 Å².